The van der Waals surface area contributed by atoms with Crippen molar-refractivity contribution >= 4 is 27.8 Å². The molecule has 7 nitrogen and oxygen atoms in total. The van der Waals surface area contributed by atoms with Crippen molar-refractivity contribution in [3.05, 3.63) is 41.0 Å². The van der Waals surface area contributed by atoms with E-state index < -0.39 is 6.09 Å². The molecule has 4 rings (SSSR count). The van der Waals surface area contributed by atoms with Crippen molar-refractivity contribution in [2.45, 2.75) is 33.2 Å². The average molecular weight is 479 g/mol. The van der Waals surface area contributed by atoms with Gasteiger partial charge in [0.15, 0.2) is 11.6 Å². The zero-order chi connectivity index (χ0) is 21.7. The molecule has 160 valence electrons. The number of benzene rings is 1. The van der Waals surface area contributed by atoms with Gasteiger partial charge in [0.25, 0.3) is 0 Å². The smallest absolute Gasteiger partial charge is 0.407 e. The monoisotopic (exact) mass is 478 g/mol. The maximum Gasteiger partial charge on any atom is 0.407 e. The van der Waals surface area contributed by atoms with Gasteiger partial charge in [-0.2, -0.15) is 0 Å². The van der Waals surface area contributed by atoms with E-state index in [1.54, 1.807) is 17.2 Å². The molecule has 2 atom stereocenters. The number of hydrogen-bond acceptors (Lipinski definition) is 5. The summed E-state index contributed by atoms with van der Waals surface area (Å²) in [5, 5.41) is 9.59. The van der Waals surface area contributed by atoms with Crippen molar-refractivity contribution in [1.82, 2.24) is 14.9 Å². The topological polar surface area (TPSA) is 78.8 Å². The lowest BCUT2D eigenvalue weighted by Crippen LogP contribution is -2.71. The van der Waals surface area contributed by atoms with Gasteiger partial charge in [0, 0.05) is 31.1 Å². The Labute approximate surface area is 183 Å². The summed E-state index contributed by atoms with van der Waals surface area (Å²) in [7, 11) is 0. The minimum absolute atomic E-state index is 0.0649. The van der Waals surface area contributed by atoms with E-state index in [0.717, 1.165) is 13.0 Å². The molecule has 1 N–H and O–H groups in total. The Morgan fingerprint density at radius 2 is 2.10 bits per heavy atom. The van der Waals surface area contributed by atoms with Crippen molar-refractivity contribution in [2.75, 3.05) is 24.5 Å². The fourth-order valence-corrected chi connectivity index (χ4v) is 5.46. The highest BCUT2D eigenvalue weighted by Crippen LogP contribution is 2.53. The third-order valence-electron chi connectivity index (χ3n) is 5.90. The van der Waals surface area contributed by atoms with Crippen molar-refractivity contribution in [1.29, 1.82) is 0 Å². The largest absolute Gasteiger partial charge is 0.465 e. The van der Waals surface area contributed by atoms with Crippen LogP contribution in [0.15, 0.2) is 35.2 Å². The molecular formula is C21H24BrFN4O3. The van der Waals surface area contributed by atoms with E-state index in [1.807, 2.05) is 0 Å². The fourth-order valence-electron chi connectivity index (χ4n) is 5.02. The van der Waals surface area contributed by atoms with Crippen LogP contribution in [0.4, 0.5) is 15.0 Å². The summed E-state index contributed by atoms with van der Waals surface area (Å²) in [5.41, 5.74) is -0.286. The highest BCUT2D eigenvalue weighted by Gasteiger charge is 2.61. The van der Waals surface area contributed by atoms with Crippen LogP contribution in [0.3, 0.4) is 0 Å². The zero-order valence-corrected chi connectivity index (χ0v) is 18.7. The van der Waals surface area contributed by atoms with Crippen LogP contribution in [0.5, 0.6) is 11.5 Å². The van der Waals surface area contributed by atoms with Crippen LogP contribution < -0.4 is 9.64 Å². The second-order valence-corrected chi connectivity index (χ2v) is 9.95. The molecule has 1 amide bonds. The number of aromatic nitrogens is 2. The van der Waals surface area contributed by atoms with Gasteiger partial charge in [-0.3, -0.25) is 0 Å². The van der Waals surface area contributed by atoms with E-state index in [0.29, 0.717) is 34.9 Å². The van der Waals surface area contributed by atoms with Crippen molar-refractivity contribution in [3.63, 3.8) is 0 Å². The van der Waals surface area contributed by atoms with Gasteiger partial charge in [0.1, 0.15) is 17.9 Å². The van der Waals surface area contributed by atoms with Crippen LogP contribution in [-0.4, -0.2) is 51.7 Å². The third kappa shape index (κ3) is 3.59. The minimum Gasteiger partial charge on any atom is -0.465 e. The molecule has 2 saturated heterocycles. The van der Waals surface area contributed by atoms with E-state index in [4.69, 9.17) is 4.74 Å². The van der Waals surface area contributed by atoms with Crippen LogP contribution in [0.25, 0.3) is 0 Å². The summed E-state index contributed by atoms with van der Waals surface area (Å²) >= 11 is 3.32. The quantitative estimate of drug-likeness (QED) is 0.683. The first kappa shape index (κ1) is 20.8. The average Bonchev–Trinajstić information content (AvgIpc) is 3.08. The van der Waals surface area contributed by atoms with Gasteiger partial charge in [0.05, 0.1) is 10.7 Å². The van der Waals surface area contributed by atoms with Gasteiger partial charge in [-0.25, -0.2) is 19.2 Å². The number of amides is 1. The Morgan fingerprint density at radius 3 is 2.77 bits per heavy atom. The van der Waals surface area contributed by atoms with E-state index in [9.17, 15) is 14.3 Å². The molecule has 9 heteroatoms. The van der Waals surface area contributed by atoms with Gasteiger partial charge in [-0.1, -0.05) is 20.8 Å². The van der Waals surface area contributed by atoms with Gasteiger partial charge in [-0.05, 0) is 46.0 Å². The molecule has 0 radical (unpaired) electrons. The Bertz CT molecular complexity index is 983. The zero-order valence-electron chi connectivity index (χ0n) is 17.1. The lowest BCUT2D eigenvalue weighted by molar-refractivity contribution is -0.0946. The van der Waals surface area contributed by atoms with Crippen LogP contribution in [-0.2, 0) is 0 Å². The first-order valence-corrected chi connectivity index (χ1v) is 10.6. The number of halogens is 2. The molecule has 1 aromatic heterocycles. The number of likely N-dealkylation sites (tertiary alicyclic amines) is 1. The lowest BCUT2D eigenvalue weighted by atomic mass is 9.61. The van der Waals surface area contributed by atoms with E-state index >= 15 is 0 Å². The summed E-state index contributed by atoms with van der Waals surface area (Å²) in [6.07, 6.45) is 3.07. The summed E-state index contributed by atoms with van der Waals surface area (Å²) in [6.45, 7) is 8.22. The molecule has 3 heterocycles. The maximum atomic E-state index is 13.4. The van der Waals surface area contributed by atoms with Crippen molar-refractivity contribution < 1.29 is 19.0 Å². The predicted molar refractivity (Wildman–Crippen MR) is 113 cm³/mol. The minimum atomic E-state index is -0.869. The molecule has 30 heavy (non-hydrogen) atoms. The Kier molecular flexibility index (Phi) is 5.12. The lowest BCUT2D eigenvalue weighted by Gasteiger charge is -2.59. The number of rotatable bonds is 3. The van der Waals surface area contributed by atoms with Gasteiger partial charge >= 0.3 is 6.09 Å². The standard InChI is InChI=1S/C21H24BrFN4O3/c1-20(2,3)18-21(11-27(18)19(28)29)6-7-26(10-21)17-16(9-24-12-25-17)30-15-5-4-13(23)8-14(15)22/h4-5,8-9,12,18H,6-7,10-11H2,1-3H3,(H,28,29). The van der Waals surface area contributed by atoms with Gasteiger partial charge in [0.2, 0.25) is 0 Å². The number of anilines is 1. The molecule has 2 fully saturated rings. The van der Waals surface area contributed by atoms with Gasteiger partial charge < -0.3 is 19.6 Å². The number of ether oxygens (including phenoxy) is 1. The van der Waals surface area contributed by atoms with Gasteiger partial charge in [-0.15, -0.1) is 0 Å². The van der Waals surface area contributed by atoms with Crippen molar-refractivity contribution in [2.24, 2.45) is 10.8 Å². The summed E-state index contributed by atoms with van der Waals surface area (Å²) in [4.78, 5) is 23.9. The molecule has 2 aromatic rings. The van der Waals surface area contributed by atoms with E-state index in [1.165, 1.54) is 18.5 Å². The molecule has 2 unspecified atom stereocenters. The molecule has 0 saturated carbocycles. The maximum absolute atomic E-state index is 13.4. The molecule has 2 aliphatic heterocycles. The number of carboxylic acid groups (broad SMARTS) is 1. The second kappa shape index (κ2) is 7.37. The Morgan fingerprint density at radius 1 is 1.33 bits per heavy atom. The number of nitrogens with zero attached hydrogens (tertiary/aromatic N) is 4. The van der Waals surface area contributed by atoms with Crippen LogP contribution in [0, 0.1) is 16.6 Å². The molecule has 0 aliphatic carbocycles. The highest BCUT2D eigenvalue weighted by molar-refractivity contribution is 9.10. The molecule has 1 aromatic carbocycles. The van der Waals surface area contributed by atoms with E-state index in [-0.39, 0.29) is 22.7 Å². The normalized spacial score (nSPS) is 23.6. The SMILES string of the molecule is CC(C)(C)C1N(C(=O)O)CC12CCN(c1ncncc1Oc1ccc(F)cc1Br)C2. The van der Waals surface area contributed by atoms with Crippen LogP contribution in [0.2, 0.25) is 0 Å². The molecular weight excluding hydrogens is 455 g/mol. The third-order valence-corrected chi connectivity index (χ3v) is 6.52. The summed E-state index contributed by atoms with van der Waals surface area (Å²) in [5.74, 6) is 1.24. The first-order valence-electron chi connectivity index (χ1n) is 9.78. The summed E-state index contributed by atoms with van der Waals surface area (Å²) in [6, 6.07) is 4.15. The van der Waals surface area contributed by atoms with E-state index in [2.05, 4.69) is 51.6 Å². The highest BCUT2D eigenvalue weighted by atomic mass is 79.9. The van der Waals surface area contributed by atoms with Crippen LogP contribution >= 0.6 is 15.9 Å². The fraction of sp³-hybridized carbons (Fsp3) is 0.476. The summed E-state index contributed by atoms with van der Waals surface area (Å²) < 4.78 is 19.9. The molecule has 0 bridgehead atoms. The molecule has 1 spiro atoms. The second-order valence-electron chi connectivity index (χ2n) is 9.10. The number of hydrogen-bond donors (Lipinski definition) is 1. The Hall–Kier alpha value is -2.42. The van der Waals surface area contributed by atoms with Crippen molar-refractivity contribution in [3.8, 4) is 11.5 Å². The van der Waals surface area contributed by atoms with Crippen LogP contribution in [0.1, 0.15) is 27.2 Å². The first-order chi connectivity index (χ1) is 14.1. The molecule has 2 aliphatic rings. The predicted octanol–water partition coefficient (Wildman–Crippen LogP) is 4.78. The number of carbonyl (C=O) groups is 1. The Balaban J connectivity index is 1.59.